The van der Waals surface area contributed by atoms with E-state index in [0.717, 1.165) is 38.2 Å². The zero-order valence-corrected chi connectivity index (χ0v) is 16.6. The number of aromatic nitrogens is 2. The third-order valence-corrected chi connectivity index (χ3v) is 5.52. The molecule has 0 amide bonds. The minimum absolute atomic E-state index is 0.308. The minimum Gasteiger partial charge on any atom is -0.396 e. The number of nitrogens with one attached hydrogen (secondary N) is 1. The highest BCUT2D eigenvalue weighted by Crippen LogP contribution is 2.22. The lowest BCUT2D eigenvalue weighted by atomic mass is 9.97. The Morgan fingerprint density at radius 2 is 1.79 bits per heavy atom. The molecule has 3 aromatic rings. The first-order valence-electron chi connectivity index (χ1n) is 10.3. The molecule has 1 fully saturated rings. The van der Waals surface area contributed by atoms with Gasteiger partial charge in [-0.15, -0.1) is 0 Å². The lowest BCUT2D eigenvalue weighted by Crippen LogP contribution is -2.34. The molecule has 1 aliphatic rings. The van der Waals surface area contributed by atoms with Gasteiger partial charge in [0.25, 0.3) is 0 Å². The molecule has 0 saturated carbocycles. The number of hydrogen-bond acceptors (Lipinski definition) is 6. The summed E-state index contributed by atoms with van der Waals surface area (Å²) in [5, 5.41) is 16.9. The van der Waals surface area contributed by atoms with Crippen LogP contribution in [0.4, 0.5) is 5.69 Å². The van der Waals surface area contributed by atoms with Crippen LogP contribution in [0.25, 0.3) is 0 Å². The van der Waals surface area contributed by atoms with Crippen molar-refractivity contribution in [3.05, 3.63) is 77.4 Å². The van der Waals surface area contributed by atoms with Crippen LogP contribution in [0.1, 0.15) is 35.7 Å². The molecule has 6 nitrogen and oxygen atoms in total. The van der Waals surface area contributed by atoms with Crippen molar-refractivity contribution in [1.82, 2.24) is 15.0 Å². The zero-order chi connectivity index (χ0) is 19.9. The van der Waals surface area contributed by atoms with Crippen molar-refractivity contribution >= 4 is 5.69 Å². The molecule has 2 heterocycles. The Kier molecular flexibility index (Phi) is 6.54. The van der Waals surface area contributed by atoms with Crippen LogP contribution in [-0.4, -0.2) is 39.8 Å². The molecule has 1 saturated heterocycles. The Morgan fingerprint density at radius 1 is 1.03 bits per heavy atom. The third-order valence-electron chi connectivity index (χ3n) is 5.52. The molecule has 6 heteroatoms. The standard InChI is InChI=1S/C23H28N4O2/c28-17-19-10-12-27(13-11-19)16-20-8-4-5-9-21(20)24-15-23-25-22(26-29-23)14-18-6-2-1-3-7-18/h1-9,19,24,28H,10-17H2. The van der Waals surface area contributed by atoms with Gasteiger partial charge in [-0.05, 0) is 49.0 Å². The summed E-state index contributed by atoms with van der Waals surface area (Å²) < 4.78 is 5.41. The van der Waals surface area contributed by atoms with Crippen LogP contribution in [0.2, 0.25) is 0 Å². The molecule has 29 heavy (non-hydrogen) atoms. The van der Waals surface area contributed by atoms with Gasteiger partial charge in [-0.25, -0.2) is 0 Å². The van der Waals surface area contributed by atoms with E-state index < -0.39 is 0 Å². The molecular weight excluding hydrogens is 364 g/mol. The largest absolute Gasteiger partial charge is 0.396 e. The van der Waals surface area contributed by atoms with Gasteiger partial charge < -0.3 is 14.9 Å². The summed E-state index contributed by atoms with van der Waals surface area (Å²) in [5.41, 5.74) is 3.53. The van der Waals surface area contributed by atoms with Crippen LogP contribution in [0.3, 0.4) is 0 Å². The van der Waals surface area contributed by atoms with E-state index in [2.05, 4.69) is 50.7 Å². The number of piperidine rings is 1. The summed E-state index contributed by atoms with van der Waals surface area (Å²) in [6.45, 7) is 3.79. The van der Waals surface area contributed by atoms with Crippen molar-refractivity contribution in [3.8, 4) is 0 Å². The molecule has 0 atom stereocenters. The molecule has 1 aliphatic heterocycles. The van der Waals surface area contributed by atoms with Crippen molar-refractivity contribution in [3.63, 3.8) is 0 Å². The van der Waals surface area contributed by atoms with E-state index in [1.165, 1.54) is 11.1 Å². The van der Waals surface area contributed by atoms with Crippen LogP contribution in [0.5, 0.6) is 0 Å². The van der Waals surface area contributed by atoms with Crippen molar-refractivity contribution in [2.75, 3.05) is 25.0 Å². The summed E-state index contributed by atoms with van der Waals surface area (Å²) in [5.74, 6) is 1.75. The lowest BCUT2D eigenvalue weighted by Gasteiger charge is -2.31. The maximum atomic E-state index is 9.33. The average molecular weight is 393 g/mol. The number of para-hydroxylation sites is 1. The first-order valence-corrected chi connectivity index (χ1v) is 10.3. The molecule has 0 spiro atoms. The van der Waals surface area contributed by atoms with Crippen LogP contribution in [0, 0.1) is 5.92 Å². The Bertz CT molecular complexity index is 889. The molecule has 0 radical (unpaired) electrons. The SMILES string of the molecule is OCC1CCN(Cc2ccccc2NCc2nc(Cc3ccccc3)no2)CC1. The zero-order valence-electron chi connectivity index (χ0n) is 16.6. The van der Waals surface area contributed by atoms with Gasteiger partial charge in [0.2, 0.25) is 5.89 Å². The second kappa shape index (κ2) is 9.67. The lowest BCUT2D eigenvalue weighted by molar-refractivity contribution is 0.127. The molecule has 2 aromatic carbocycles. The van der Waals surface area contributed by atoms with E-state index in [1.54, 1.807) is 0 Å². The van der Waals surface area contributed by atoms with Gasteiger partial charge in [-0.3, -0.25) is 4.90 Å². The van der Waals surface area contributed by atoms with E-state index in [4.69, 9.17) is 4.52 Å². The van der Waals surface area contributed by atoms with Gasteiger partial charge in [0.15, 0.2) is 5.82 Å². The predicted octanol–water partition coefficient (Wildman–Crippen LogP) is 3.48. The molecule has 1 aromatic heterocycles. The number of nitrogens with zero attached hydrogens (tertiary/aromatic N) is 3. The van der Waals surface area contributed by atoms with Crippen LogP contribution in [-0.2, 0) is 19.5 Å². The fourth-order valence-electron chi connectivity index (χ4n) is 3.78. The Morgan fingerprint density at radius 3 is 2.59 bits per heavy atom. The molecule has 0 unspecified atom stereocenters. The molecule has 2 N–H and O–H groups in total. The van der Waals surface area contributed by atoms with E-state index in [1.807, 2.05) is 24.3 Å². The summed E-state index contributed by atoms with van der Waals surface area (Å²) in [7, 11) is 0. The summed E-state index contributed by atoms with van der Waals surface area (Å²) in [4.78, 5) is 6.96. The molecule has 152 valence electrons. The highest BCUT2D eigenvalue weighted by molar-refractivity contribution is 5.51. The van der Waals surface area contributed by atoms with Gasteiger partial charge in [-0.1, -0.05) is 53.7 Å². The van der Waals surface area contributed by atoms with Crippen LogP contribution in [0.15, 0.2) is 59.1 Å². The number of anilines is 1. The third kappa shape index (κ3) is 5.43. The van der Waals surface area contributed by atoms with Crippen molar-refractivity contribution in [2.24, 2.45) is 5.92 Å². The molecule has 0 aliphatic carbocycles. The maximum absolute atomic E-state index is 9.33. The van der Waals surface area contributed by atoms with Gasteiger partial charge in [0.05, 0.1) is 6.54 Å². The topological polar surface area (TPSA) is 74.4 Å². The van der Waals surface area contributed by atoms with E-state index in [9.17, 15) is 5.11 Å². The summed E-state index contributed by atoms with van der Waals surface area (Å²) in [6.07, 6.45) is 2.81. The van der Waals surface area contributed by atoms with E-state index in [-0.39, 0.29) is 0 Å². The molecule has 0 bridgehead atoms. The summed E-state index contributed by atoms with van der Waals surface area (Å²) >= 11 is 0. The number of aliphatic hydroxyl groups excluding tert-OH is 1. The highest BCUT2D eigenvalue weighted by Gasteiger charge is 2.19. The normalized spacial score (nSPS) is 15.5. The van der Waals surface area contributed by atoms with Crippen LogP contribution < -0.4 is 5.32 Å². The minimum atomic E-state index is 0.308. The van der Waals surface area contributed by atoms with Gasteiger partial charge in [-0.2, -0.15) is 4.98 Å². The van der Waals surface area contributed by atoms with E-state index in [0.29, 0.717) is 37.2 Å². The number of hydrogen-bond donors (Lipinski definition) is 2. The number of benzene rings is 2. The monoisotopic (exact) mass is 392 g/mol. The number of aliphatic hydroxyl groups is 1. The van der Waals surface area contributed by atoms with Gasteiger partial charge in [0, 0.05) is 25.3 Å². The van der Waals surface area contributed by atoms with Crippen molar-refractivity contribution in [1.29, 1.82) is 0 Å². The first kappa shape index (κ1) is 19.6. The second-order valence-electron chi connectivity index (χ2n) is 7.68. The fourth-order valence-corrected chi connectivity index (χ4v) is 3.78. The Balaban J connectivity index is 1.33. The number of likely N-dealkylation sites (tertiary alicyclic amines) is 1. The predicted molar refractivity (Wildman–Crippen MR) is 112 cm³/mol. The Hall–Kier alpha value is -2.70. The first-order chi connectivity index (χ1) is 14.3. The average Bonchev–Trinajstić information content (AvgIpc) is 3.21. The van der Waals surface area contributed by atoms with Crippen molar-refractivity contribution < 1.29 is 9.63 Å². The molecule has 4 rings (SSSR count). The smallest absolute Gasteiger partial charge is 0.245 e. The van der Waals surface area contributed by atoms with E-state index >= 15 is 0 Å². The summed E-state index contributed by atoms with van der Waals surface area (Å²) in [6, 6.07) is 18.5. The van der Waals surface area contributed by atoms with Gasteiger partial charge >= 0.3 is 0 Å². The quantitative estimate of drug-likeness (QED) is 0.611. The second-order valence-corrected chi connectivity index (χ2v) is 7.68. The van der Waals surface area contributed by atoms with Gasteiger partial charge in [0.1, 0.15) is 0 Å². The maximum Gasteiger partial charge on any atom is 0.245 e. The van der Waals surface area contributed by atoms with Crippen LogP contribution >= 0.6 is 0 Å². The Labute approximate surface area is 171 Å². The number of rotatable bonds is 8. The van der Waals surface area contributed by atoms with Crippen molar-refractivity contribution in [2.45, 2.75) is 32.4 Å². The fraction of sp³-hybridized carbons (Fsp3) is 0.391. The molecular formula is C23H28N4O2. The highest BCUT2D eigenvalue weighted by atomic mass is 16.5.